The number of fused-ring (bicyclic) bond motifs is 1. The topological polar surface area (TPSA) is 81.3 Å². The molecule has 0 saturated carbocycles. The molecule has 0 aliphatic heterocycles. The zero-order valence-corrected chi connectivity index (χ0v) is 18.6. The number of halogens is 1. The predicted molar refractivity (Wildman–Crippen MR) is 123 cm³/mol. The Kier molecular flexibility index (Phi) is 6.11. The number of benzene rings is 2. The molecule has 0 saturated heterocycles. The van der Waals surface area contributed by atoms with Crippen LogP contribution in [0.1, 0.15) is 16.7 Å². The molecule has 31 heavy (non-hydrogen) atoms. The van der Waals surface area contributed by atoms with Gasteiger partial charge in [-0.2, -0.15) is 9.61 Å². The monoisotopic (exact) mass is 453 g/mol. The Morgan fingerprint density at radius 1 is 1.06 bits per heavy atom. The van der Waals surface area contributed by atoms with Crippen molar-refractivity contribution in [2.75, 3.05) is 5.32 Å². The zero-order valence-electron chi connectivity index (χ0n) is 17.0. The minimum atomic E-state index is -0.458. The lowest BCUT2D eigenvalue weighted by Crippen LogP contribution is -2.29. The molecule has 1 N–H and O–H groups in total. The lowest BCUT2D eigenvalue weighted by molar-refractivity contribution is -0.117. The van der Waals surface area contributed by atoms with Crippen LogP contribution in [0.3, 0.4) is 0 Å². The number of carbonyl (C=O) groups is 1. The summed E-state index contributed by atoms with van der Waals surface area (Å²) in [4.78, 5) is 25.2. The molecule has 4 rings (SSSR count). The van der Waals surface area contributed by atoms with Crippen LogP contribution in [-0.2, 0) is 17.1 Å². The molecule has 158 valence electrons. The molecule has 0 atom stereocenters. The van der Waals surface area contributed by atoms with Crippen molar-refractivity contribution in [1.82, 2.24) is 19.4 Å². The number of hydrogen-bond acceptors (Lipinski definition) is 5. The summed E-state index contributed by atoms with van der Waals surface area (Å²) in [5.41, 5.74) is 3.82. The van der Waals surface area contributed by atoms with Crippen LogP contribution in [0.25, 0.3) is 5.65 Å². The van der Waals surface area contributed by atoms with Crippen LogP contribution in [-0.4, -0.2) is 25.3 Å². The van der Waals surface area contributed by atoms with Gasteiger partial charge in [0.15, 0.2) is 5.65 Å². The Morgan fingerprint density at radius 2 is 1.84 bits per heavy atom. The summed E-state index contributed by atoms with van der Waals surface area (Å²) in [6.07, 6.45) is 0. The lowest BCUT2D eigenvalue weighted by Gasteiger charge is -2.09. The van der Waals surface area contributed by atoms with Crippen molar-refractivity contribution in [3.63, 3.8) is 0 Å². The van der Waals surface area contributed by atoms with Crippen LogP contribution in [0.15, 0.2) is 64.4 Å². The SMILES string of the molecule is Cc1cccc(NC(=O)Cn2nc3ccc(SCc4ccc(Cl)cc4)nn3c2=O)c1C. The van der Waals surface area contributed by atoms with Gasteiger partial charge in [-0.25, -0.2) is 9.48 Å². The quantitative estimate of drug-likeness (QED) is 0.444. The number of aromatic nitrogens is 4. The maximum absolute atomic E-state index is 12.7. The number of aryl methyl sites for hydroxylation is 1. The summed E-state index contributed by atoms with van der Waals surface area (Å²) in [5.74, 6) is 0.369. The fraction of sp³-hybridized carbons (Fsp3) is 0.182. The van der Waals surface area contributed by atoms with Crippen LogP contribution < -0.4 is 11.0 Å². The first kappa shape index (κ1) is 21.1. The molecule has 0 fully saturated rings. The van der Waals surface area contributed by atoms with E-state index < -0.39 is 5.69 Å². The summed E-state index contributed by atoms with van der Waals surface area (Å²) in [6.45, 7) is 3.73. The van der Waals surface area contributed by atoms with E-state index in [1.807, 2.05) is 62.4 Å². The molecule has 4 aromatic rings. The summed E-state index contributed by atoms with van der Waals surface area (Å²) < 4.78 is 2.34. The largest absolute Gasteiger partial charge is 0.367 e. The van der Waals surface area contributed by atoms with E-state index in [1.165, 1.54) is 16.3 Å². The summed E-state index contributed by atoms with van der Waals surface area (Å²) in [6, 6.07) is 16.8. The highest BCUT2D eigenvalue weighted by atomic mass is 35.5. The van der Waals surface area contributed by atoms with Gasteiger partial charge in [-0.15, -0.1) is 5.10 Å². The van der Waals surface area contributed by atoms with E-state index in [2.05, 4.69) is 15.5 Å². The molecule has 0 spiro atoms. The van der Waals surface area contributed by atoms with Gasteiger partial charge in [0.1, 0.15) is 11.6 Å². The van der Waals surface area contributed by atoms with Crippen LogP contribution in [0.5, 0.6) is 0 Å². The van der Waals surface area contributed by atoms with Gasteiger partial charge in [0.05, 0.1) is 0 Å². The first-order valence-electron chi connectivity index (χ1n) is 9.61. The highest BCUT2D eigenvalue weighted by molar-refractivity contribution is 7.98. The fourth-order valence-corrected chi connectivity index (χ4v) is 3.96. The third kappa shape index (κ3) is 4.81. The fourth-order valence-electron chi connectivity index (χ4n) is 3.02. The molecule has 1 amide bonds. The molecule has 2 aromatic heterocycles. The van der Waals surface area contributed by atoms with Crippen molar-refractivity contribution in [1.29, 1.82) is 0 Å². The number of rotatable bonds is 6. The Morgan fingerprint density at radius 3 is 2.61 bits per heavy atom. The summed E-state index contributed by atoms with van der Waals surface area (Å²) in [5, 5.41) is 12.8. The van der Waals surface area contributed by atoms with Crippen LogP contribution in [0, 0.1) is 13.8 Å². The Balaban J connectivity index is 1.48. The second-order valence-corrected chi connectivity index (χ2v) is 8.52. The van der Waals surface area contributed by atoms with E-state index in [-0.39, 0.29) is 12.5 Å². The Labute approximate surface area is 188 Å². The average molecular weight is 454 g/mol. The van der Waals surface area contributed by atoms with E-state index >= 15 is 0 Å². The zero-order chi connectivity index (χ0) is 22.0. The molecule has 0 radical (unpaired) electrons. The van der Waals surface area contributed by atoms with Gasteiger partial charge in [-0.3, -0.25) is 4.79 Å². The van der Waals surface area contributed by atoms with Gasteiger partial charge in [0, 0.05) is 16.5 Å². The van der Waals surface area contributed by atoms with E-state index in [1.54, 1.807) is 6.07 Å². The van der Waals surface area contributed by atoms with E-state index in [9.17, 15) is 9.59 Å². The summed E-state index contributed by atoms with van der Waals surface area (Å²) >= 11 is 7.42. The van der Waals surface area contributed by atoms with E-state index in [0.717, 1.165) is 27.1 Å². The van der Waals surface area contributed by atoms with Crippen molar-refractivity contribution in [3.8, 4) is 0 Å². The Bertz CT molecular complexity index is 1310. The van der Waals surface area contributed by atoms with Crippen LogP contribution >= 0.6 is 23.4 Å². The molecule has 0 aliphatic rings. The molecule has 2 heterocycles. The minimum Gasteiger partial charge on any atom is -0.324 e. The van der Waals surface area contributed by atoms with Gasteiger partial charge in [0.25, 0.3) is 0 Å². The normalized spacial score (nSPS) is 11.1. The summed E-state index contributed by atoms with van der Waals surface area (Å²) in [7, 11) is 0. The van der Waals surface area contributed by atoms with Crippen molar-refractivity contribution in [2.45, 2.75) is 31.2 Å². The van der Waals surface area contributed by atoms with Gasteiger partial charge in [-0.1, -0.05) is 47.6 Å². The third-order valence-electron chi connectivity index (χ3n) is 4.89. The maximum atomic E-state index is 12.7. The van der Waals surface area contributed by atoms with Gasteiger partial charge < -0.3 is 5.32 Å². The first-order chi connectivity index (χ1) is 14.9. The van der Waals surface area contributed by atoms with Gasteiger partial charge >= 0.3 is 5.69 Å². The number of nitrogens with zero attached hydrogens (tertiary/aromatic N) is 4. The maximum Gasteiger partial charge on any atom is 0.367 e. The van der Waals surface area contributed by atoms with E-state index in [4.69, 9.17) is 11.6 Å². The number of anilines is 1. The van der Waals surface area contributed by atoms with Crippen molar-refractivity contribution >= 4 is 40.6 Å². The molecule has 0 aliphatic carbocycles. The molecule has 0 bridgehead atoms. The predicted octanol–water partition coefficient (Wildman–Crippen LogP) is 4.09. The average Bonchev–Trinajstić information content (AvgIpc) is 3.06. The van der Waals surface area contributed by atoms with Crippen molar-refractivity contribution in [2.24, 2.45) is 0 Å². The third-order valence-corrected chi connectivity index (χ3v) is 6.13. The molecule has 2 aromatic carbocycles. The molecule has 9 heteroatoms. The van der Waals surface area contributed by atoms with Crippen LogP contribution in [0.2, 0.25) is 5.02 Å². The number of thioether (sulfide) groups is 1. The number of nitrogens with one attached hydrogen (secondary N) is 1. The number of hydrogen-bond donors (Lipinski definition) is 1. The smallest absolute Gasteiger partial charge is 0.324 e. The standard InChI is InChI=1S/C22H20ClN5O2S/c1-14-4-3-5-18(15(14)2)24-20(29)12-27-22(30)28-19(25-27)10-11-21(26-28)31-13-16-6-8-17(23)9-7-16/h3-11H,12-13H2,1-2H3,(H,24,29). The first-order valence-corrected chi connectivity index (χ1v) is 11.0. The second-order valence-electron chi connectivity index (χ2n) is 7.09. The van der Waals surface area contributed by atoms with Crippen LogP contribution in [0.4, 0.5) is 5.69 Å². The van der Waals surface area contributed by atoms with Gasteiger partial charge in [0.2, 0.25) is 5.91 Å². The second kappa shape index (κ2) is 8.95. The molecule has 7 nitrogen and oxygen atoms in total. The minimum absolute atomic E-state index is 0.192. The van der Waals surface area contributed by atoms with E-state index in [0.29, 0.717) is 21.4 Å². The number of amides is 1. The highest BCUT2D eigenvalue weighted by Crippen LogP contribution is 2.22. The number of carbonyl (C=O) groups excluding carboxylic acids is 1. The lowest BCUT2D eigenvalue weighted by atomic mass is 10.1. The van der Waals surface area contributed by atoms with Gasteiger partial charge in [-0.05, 0) is 60.9 Å². The Hall–Kier alpha value is -3.10. The molecular weight excluding hydrogens is 434 g/mol. The highest BCUT2D eigenvalue weighted by Gasteiger charge is 2.13. The van der Waals surface area contributed by atoms with Crippen molar-refractivity contribution < 1.29 is 4.79 Å². The molecule has 0 unspecified atom stereocenters. The molecular formula is C22H20ClN5O2S. The van der Waals surface area contributed by atoms with Crippen molar-refractivity contribution in [3.05, 3.63) is 86.8 Å².